The second-order valence-electron chi connectivity index (χ2n) is 6.57. The predicted octanol–water partition coefficient (Wildman–Crippen LogP) is 3.63. The summed E-state index contributed by atoms with van der Waals surface area (Å²) >= 11 is 0. The van der Waals surface area contributed by atoms with Gasteiger partial charge in [-0.15, -0.1) is 0 Å². The second-order valence-corrected chi connectivity index (χ2v) is 6.57. The van der Waals surface area contributed by atoms with Crippen LogP contribution in [0.1, 0.15) is 53.0 Å². The van der Waals surface area contributed by atoms with Crippen molar-refractivity contribution in [3.8, 4) is 0 Å². The van der Waals surface area contributed by atoms with Gasteiger partial charge in [0, 0.05) is 18.4 Å². The maximum Gasteiger partial charge on any atom is 0.337 e. The number of esters is 1. The van der Waals surface area contributed by atoms with Gasteiger partial charge in [0.1, 0.15) is 5.69 Å². The Morgan fingerprint density at radius 2 is 1.96 bits per heavy atom. The van der Waals surface area contributed by atoms with E-state index in [-0.39, 0.29) is 5.91 Å². The lowest BCUT2D eigenvalue weighted by Crippen LogP contribution is -2.26. The summed E-state index contributed by atoms with van der Waals surface area (Å²) in [5.74, 6) is -0.304. The van der Waals surface area contributed by atoms with Crippen molar-refractivity contribution in [3.05, 3.63) is 59.4 Å². The van der Waals surface area contributed by atoms with Gasteiger partial charge >= 0.3 is 5.97 Å². The fourth-order valence-electron chi connectivity index (χ4n) is 3.04. The van der Waals surface area contributed by atoms with Gasteiger partial charge in [-0.1, -0.05) is 11.6 Å². The van der Waals surface area contributed by atoms with Gasteiger partial charge in [0.15, 0.2) is 0 Å². The van der Waals surface area contributed by atoms with Gasteiger partial charge in [0.2, 0.25) is 5.95 Å². The highest BCUT2D eigenvalue weighted by Gasteiger charge is 2.10. The number of nitrogens with one attached hydrogen (secondary N) is 2. The molecule has 0 spiro atoms. The molecule has 0 radical (unpaired) electrons. The molecular weight excluding hydrogens is 356 g/mol. The maximum absolute atomic E-state index is 12.3. The number of aromatic nitrogens is 2. The molecule has 7 nitrogen and oxygen atoms in total. The van der Waals surface area contributed by atoms with E-state index in [9.17, 15) is 9.59 Å². The Bertz CT molecular complexity index is 862. The number of anilines is 2. The molecule has 1 aliphatic carbocycles. The van der Waals surface area contributed by atoms with Crippen molar-refractivity contribution in [1.82, 2.24) is 15.3 Å². The number of methoxy groups -OCH3 is 1. The highest BCUT2D eigenvalue weighted by molar-refractivity contribution is 5.92. The van der Waals surface area contributed by atoms with Crippen molar-refractivity contribution in [2.45, 2.75) is 32.1 Å². The number of carbonyl (C=O) groups excluding carboxylic acids is 2. The van der Waals surface area contributed by atoms with Crippen molar-refractivity contribution >= 4 is 23.5 Å². The Morgan fingerprint density at radius 1 is 1.14 bits per heavy atom. The van der Waals surface area contributed by atoms with Crippen LogP contribution in [0.3, 0.4) is 0 Å². The summed E-state index contributed by atoms with van der Waals surface area (Å²) in [6.07, 6.45) is 9.48. The van der Waals surface area contributed by atoms with E-state index < -0.39 is 5.97 Å². The Balaban J connectivity index is 1.56. The Labute approximate surface area is 164 Å². The number of hydrogen-bond acceptors (Lipinski definition) is 6. The molecule has 1 heterocycles. The molecule has 28 heavy (non-hydrogen) atoms. The predicted molar refractivity (Wildman–Crippen MR) is 107 cm³/mol. The quantitative estimate of drug-likeness (QED) is 0.563. The van der Waals surface area contributed by atoms with Crippen molar-refractivity contribution < 1.29 is 14.3 Å². The molecule has 1 aromatic carbocycles. The van der Waals surface area contributed by atoms with E-state index in [1.54, 1.807) is 30.3 Å². The average molecular weight is 380 g/mol. The fourth-order valence-corrected chi connectivity index (χ4v) is 3.04. The van der Waals surface area contributed by atoms with Gasteiger partial charge in [-0.3, -0.25) is 4.79 Å². The number of benzene rings is 1. The number of rotatable bonds is 7. The summed E-state index contributed by atoms with van der Waals surface area (Å²) in [7, 11) is 1.34. The van der Waals surface area contributed by atoms with Crippen LogP contribution in [0.25, 0.3) is 0 Å². The lowest BCUT2D eigenvalue weighted by Gasteiger charge is -2.13. The van der Waals surface area contributed by atoms with Crippen molar-refractivity contribution in [2.24, 2.45) is 0 Å². The number of ether oxygens (including phenoxy) is 1. The first kappa shape index (κ1) is 19.5. The topological polar surface area (TPSA) is 93.2 Å². The van der Waals surface area contributed by atoms with Gasteiger partial charge in [-0.05, 0) is 62.4 Å². The van der Waals surface area contributed by atoms with E-state index in [1.807, 2.05) is 0 Å². The molecule has 0 aliphatic heterocycles. The van der Waals surface area contributed by atoms with Crippen LogP contribution in [0.15, 0.2) is 48.2 Å². The summed E-state index contributed by atoms with van der Waals surface area (Å²) in [6.45, 7) is 0.604. The van der Waals surface area contributed by atoms with Gasteiger partial charge in [0.05, 0.1) is 12.7 Å². The summed E-state index contributed by atoms with van der Waals surface area (Å²) in [4.78, 5) is 32.2. The Morgan fingerprint density at radius 3 is 2.68 bits per heavy atom. The first-order chi connectivity index (χ1) is 13.7. The summed E-state index contributed by atoms with van der Waals surface area (Å²) < 4.78 is 4.68. The molecule has 146 valence electrons. The van der Waals surface area contributed by atoms with Crippen molar-refractivity contribution in [1.29, 1.82) is 0 Å². The smallest absolute Gasteiger partial charge is 0.337 e. The number of nitrogens with zero attached hydrogens (tertiary/aromatic N) is 2. The minimum atomic E-state index is -0.398. The lowest BCUT2D eigenvalue weighted by molar-refractivity contribution is 0.0600. The van der Waals surface area contributed by atoms with Crippen LogP contribution in [0, 0.1) is 0 Å². The van der Waals surface area contributed by atoms with Crippen LogP contribution in [0.2, 0.25) is 0 Å². The van der Waals surface area contributed by atoms with Crippen LogP contribution >= 0.6 is 0 Å². The molecule has 0 unspecified atom stereocenters. The van der Waals surface area contributed by atoms with E-state index in [0.717, 1.165) is 19.3 Å². The standard InChI is InChI=1S/C21H24N4O3/c1-28-20(27)16-7-9-17(10-8-16)24-21-23-14-12-18(25-21)19(26)22-13-11-15-5-3-2-4-6-15/h5,7-10,12,14H,2-4,6,11,13H2,1H3,(H,22,26)(H,23,24,25). The van der Waals surface area contributed by atoms with Crippen LogP contribution in [-0.2, 0) is 4.74 Å². The van der Waals surface area contributed by atoms with E-state index in [1.165, 1.54) is 31.7 Å². The third kappa shape index (κ3) is 5.39. The second kappa shape index (κ2) is 9.64. The summed E-state index contributed by atoms with van der Waals surface area (Å²) in [5, 5.41) is 5.94. The van der Waals surface area contributed by atoms with Gasteiger partial charge in [-0.25, -0.2) is 14.8 Å². The van der Waals surface area contributed by atoms with Crippen LogP contribution in [-0.4, -0.2) is 35.5 Å². The first-order valence-corrected chi connectivity index (χ1v) is 9.40. The third-order valence-corrected chi connectivity index (χ3v) is 4.57. The fraction of sp³-hybridized carbons (Fsp3) is 0.333. The largest absolute Gasteiger partial charge is 0.465 e. The molecule has 3 rings (SSSR count). The van der Waals surface area contributed by atoms with Crippen LogP contribution < -0.4 is 10.6 Å². The zero-order chi connectivity index (χ0) is 19.8. The van der Waals surface area contributed by atoms with E-state index in [2.05, 4.69) is 31.4 Å². The van der Waals surface area contributed by atoms with Crippen LogP contribution in [0.4, 0.5) is 11.6 Å². The molecule has 0 atom stereocenters. The van der Waals surface area contributed by atoms with E-state index in [0.29, 0.717) is 29.4 Å². The molecular formula is C21H24N4O3. The molecule has 0 saturated heterocycles. The van der Waals surface area contributed by atoms with Gasteiger partial charge in [0.25, 0.3) is 5.91 Å². The highest BCUT2D eigenvalue weighted by Crippen LogP contribution is 2.19. The number of hydrogen-bond donors (Lipinski definition) is 2. The monoisotopic (exact) mass is 380 g/mol. The minimum absolute atomic E-state index is 0.220. The number of carbonyl (C=O) groups is 2. The van der Waals surface area contributed by atoms with Gasteiger partial charge < -0.3 is 15.4 Å². The first-order valence-electron chi connectivity index (χ1n) is 9.40. The highest BCUT2D eigenvalue weighted by atomic mass is 16.5. The molecule has 2 aromatic rings. The molecule has 0 bridgehead atoms. The van der Waals surface area contributed by atoms with Crippen molar-refractivity contribution in [3.63, 3.8) is 0 Å². The molecule has 1 aliphatic rings. The SMILES string of the molecule is COC(=O)c1ccc(Nc2nccc(C(=O)NCCC3=CCCCC3)n2)cc1. The zero-order valence-corrected chi connectivity index (χ0v) is 15.9. The minimum Gasteiger partial charge on any atom is -0.465 e. The molecule has 1 aromatic heterocycles. The zero-order valence-electron chi connectivity index (χ0n) is 15.9. The maximum atomic E-state index is 12.3. The Hall–Kier alpha value is -3.22. The van der Waals surface area contributed by atoms with Crippen molar-refractivity contribution in [2.75, 3.05) is 19.0 Å². The molecule has 0 fully saturated rings. The molecule has 7 heteroatoms. The molecule has 0 saturated carbocycles. The lowest BCUT2D eigenvalue weighted by atomic mass is 9.97. The third-order valence-electron chi connectivity index (χ3n) is 4.57. The molecule has 2 N–H and O–H groups in total. The normalized spacial score (nSPS) is 13.4. The average Bonchev–Trinajstić information content (AvgIpc) is 2.74. The Kier molecular flexibility index (Phi) is 6.73. The van der Waals surface area contributed by atoms with E-state index in [4.69, 9.17) is 0 Å². The van der Waals surface area contributed by atoms with Gasteiger partial charge in [-0.2, -0.15) is 0 Å². The summed E-state index contributed by atoms with van der Waals surface area (Å²) in [5.41, 5.74) is 2.89. The number of allylic oxidation sites excluding steroid dienone is 1. The summed E-state index contributed by atoms with van der Waals surface area (Å²) in [6, 6.07) is 8.32. The number of amides is 1. The van der Waals surface area contributed by atoms with Crippen LogP contribution in [0.5, 0.6) is 0 Å². The van der Waals surface area contributed by atoms with E-state index >= 15 is 0 Å². The molecule has 1 amide bonds.